The summed E-state index contributed by atoms with van der Waals surface area (Å²) in [7, 11) is 0. The fourth-order valence-electron chi connectivity index (χ4n) is 12.7. The van der Waals surface area contributed by atoms with Crippen molar-refractivity contribution in [1.29, 1.82) is 0 Å². The number of aliphatic hydroxyl groups excluding tert-OH is 5. The zero-order chi connectivity index (χ0) is 33.1. The Morgan fingerprint density at radius 2 is 1.44 bits per heavy atom. The zero-order valence-corrected chi connectivity index (χ0v) is 28.9. The summed E-state index contributed by atoms with van der Waals surface area (Å²) in [6, 6.07) is 0. The Morgan fingerprint density at radius 3 is 2.07 bits per heavy atom. The summed E-state index contributed by atoms with van der Waals surface area (Å²) < 4.78 is 18.9. The van der Waals surface area contributed by atoms with Gasteiger partial charge in [0.15, 0.2) is 6.29 Å². The van der Waals surface area contributed by atoms with Crippen LogP contribution in [0, 0.1) is 45.3 Å². The number of aliphatic hydroxyl groups is 6. The van der Waals surface area contributed by atoms with Crippen molar-refractivity contribution in [3.63, 3.8) is 0 Å². The molecule has 0 spiro atoms. The molecule has 0 aromatic rings. The van der Waals surface area contributed by atoms with Crippen LogP contribution < -0.4 is 0 Å². The van der Waals surface area contributed by atoms with Gasteiger partial charge in [-0.3, -0.25) is 0 Å². The molecule has 16 atom stereocenters. The average molecular weight is 639 g/mol. The van der Waals surface area contributed by atoms with Crippen LogP contribution in [0.1, 0.15) is 113 Å². The Kier molecular flexibility index (Phi) is 8.49. The number of rotatable bonds is 5. The van der Waals surface area contributed by atoms with Gasteiger partial charge in [-0.1, -0.05) is 34.6 Å². The van der Waals surface area contributed by atoms with Crippen LogP contribution in [-0.4, -0.2) is 97.5 Å². The monoisotopic (exact) mass is 638 g/mol. The lowest BCUT2D eigenvalue weighted by Gasteiger charge is -2.71. The van der Waals surface area contributed by atoms with E-state index in [1.807, 2.05) is 13.8 Å². The maximum Gasteiger partial charge on any atom is 0.186 e. The molecule has 4 saturated carbocycles. The van der Waals surface area contributed by atoms with Gasteiger partial charge in [0.25, 0.3) is 0 Å². The maximum absolute atomic E-state index is 12.3. The first kappa shape index (κ1) is 34.5. The largest absolute Gasteiger partial charge is 0.394 e. The highest BCUT2D eigenvalue weighted by Crippen LogP contribution is 2.76. The normalized spacial score (nSPS) is 56.4. The van der Waals surface area contributed by atoms with Crippen LogP contribution in [-0.2, 0) is 14.2 Å². The topological polar surface area (TPSA) is 149 Å². The lowest BCUT2D eigenvalue weighted by atomic mass is 9.35. The van der Waals surface area contributed by atoms with E-state index >= 15 is 0 Å². The molecule has 9 heteroatoms. The minimum Gasteiger partial charge on any atom is -0.394 e. The zero-order valence-electron chi connectivity index (χ0n) is 28.9. The molecule has 2 heterocycles. The van der Waals surface area contributed by atoms with E-state index < -0.39 is 49.0 Å². The number of hydrogen-bond acceptors (Lipinski definition) is 9. The molecule has 6 fully saturated rings. The third kappa shape index (κ3) is 4.95. The lowest BCUT2D eigenvalue weighted by molar-refractivity contribution is -0.333. The Hall–Kier alpha value is -0.360. The summed E-state index contributed by atoms with van der Waals surface area (Å²) in [5.41, 5.74) is -1.55. The van der Waals surface area contributed by atoms with Crippen molar-refractivity contribution < 1.29 is 44.8 Å². The highest BCUT2D eigenvalue weighted by Gasteiger charge is 2.72. The van der Waals surface area contributed by atoms with Crippen LogP contribution in [0.4, 0.5) is 0 Å². The molecule has 0 aromatic carbocycles. The van der Waals surface area contributed by atoms with Gasteiger partial charge in [-0.05, 0) is 124 Å². The van der Waals surface area contributed by atoms with Gasteiger partial charge in [0.05, 0.1) is 36.1 Å². The third-order valence-corrected chi connectivity index (χ3v) is 15.3. The van der Waals surface area contributed by atoms with Gasteiger partial charge in [-0.15, -0.1) is 0 Å². The lowest BCUT2D eigenvalue weighted by Crippen LogP contribution is -2.68. The van der Waals surface area contributed by atoms with E-state index in [0.29, 0.717) is 11.8 Å². The van der Waals surface area contributed by atoms with E-state index in [4.69, 9.17) is 14.2 Å². The van der Waals surface area contributed by atoms with Gasteiger partial charge in [-0.2, -0.15) is 0 Å². The molecular weight excluding hydrogens is 576 g/mol. The molecule has 4 unspecified atom stereocenters. The van der Waals surface area contributed by atoms with Gasteiger partial charge >= 0.3 is 0 Å². The molecule has 6 aliphatic rings. The van der Waals surface area contributed by atoms with Crippen molar-refractivity contribution in [3.8, 4) is 0 Å². The molecule has 260 valence electrons. The molecule has 0 amide bonds. The molecular formula is C36H62O9. The average Bonchev–Trinajstić information content (AvgIpc) is 3.52. The highest BCUT2D eigenvalue weighted by atomic mass is 16.7. The van der Waals surface area contributed by atoms with Crippen LogP contribution in [0.25, 0.3) is 0 Å². The molecule has 0 aromatic heterocycles. The van der Waals surface area contributed by atoms with Crippen LogP contribution in [0.5, 0.6) is 0 Å². The second-order valence-corrected chi connectivity index (χ2v) is 18.3. The van der Waals surface area contributed by atoms with Crippen molar-refractivity contribution in [3.05, 3.63) is 0 Å². The first-order valence-electron chi connectivity index (χ1n) is 17.8. The van der Waals surface area contributed by atoms with E-state index in [9.17, 15) is 30.6 Å². The molecule has 0 radical (unpaired) electrons. The van der Waals surface area contributed by atoms with Crippen LogP contribution in [0.2, 0.25) is 0 Å². The SMILES string of the molecule is CC(C)(O)[C@@H]1CCC(C)([C@H]2CC[C@]3(C)C2C[C@@H](O)C2[C@@]4(C)CC[C@@H](O[C@@H]5O[C@H](CO)[C@@H](O)[C@H](O)[C@H]5O)C(C)(C)C4CC[C@]23C)O1. The quantitative estimate of drug-likeness (QED) is 0.249. The fourth-order valence-corrected chi connectivity index (χ4v) is 12.7. The Bertz CT molecular complexity index is 1110. The van der Waals surface area contributed by atoms with E-state index in [-0.39, 0.29) is 51.3 Å². The summed E-state index contributed by atoms with van der Waals surface area (Å²) in [6.07, 6.45) is 1.15. The van der Waals surface area contributed by atoms with Crippen molar-refractivity contribution >= 4 is 0 Å². The standard InChI is InChI=1S/C36H62O9/c1-31(2)23-10-15-35(7)29(33(23,5)13-11-24(31)44-30-28(41)27(40)26(39)22(18-37)43-30)21(38)17-20-19(9-14-34(20,35)6)36(8)16-12-25(45-36)32(3,4)42/h19-30,37-42H,9-18H2,1-8H3/t19-,20?,21+,22+,23?,24+,25-,26+,27-,28+,29?,30-,33-,34+,35+,36?/m0/s1. The first-order valence-corrected chi connectivity index (χ1v) is 17.8. The smallest absolute Gasteiger partial charge is 0.186 e. The summed E-state index contributed by atoms with van der Waals surface area (Å²) in [5, 5.41) is 64.0. The van der Waals surface area contributed by atoms with E-state index in [1.165, 1.54) is 0 Å². The summed E-state index contributed by atoms with van der Waals surface area (Å²) >= 11 is 0. The van der Waals surface area contributed by atoms with Crippen LogP contribution >= 0.6 is 0 Å². The molecule has 45 heavy (non-hydrogen) atoms. The second-order valence-electron chi connectivity index (χ2n) is 18.3. The summed E-state index contributed by atoms with van der Waals surface area (Å²) in [5.74, 6) is 1.12. The van der Waals surface area contributed by atoms with Crippen molar-refractivity contribution in [1.82, 2.24) is 0 Å². The van der Waals surface area contributed by atoms with E-state index in [1.54, 1.807) is 0 Å². The third-order valence-electron chi connectivity index (χ3n) is 15.3. The van der Waals surface area contributed by atoms with Crippen LogP contribution in [0.15, 0.2) is 0 Å². The number of hydrogen-bond donors (Lipinski definition) is 6. The van der Waals surface area contributed by atoms with Crippen molar-refractivity contribution in [2.45, 2.75) is 173 Å². The molecule has 6 N–H and O–H groups in total. The van der Waals surface area contributed by atoms with E-state index in [2.05, 4.69) is 41.5 Å². The highest BCUT2D eigenvalue weighted by molar-refractivity contribution is 5.21. The molecule has 0 bridgehead atoms. The number of fused-ring (bicyclic) bond motifs is 5. The Balaban J connectivity index is 1.24. The molecule has 6 rings (SSSR count). The van der Waals surface area contributed by atoms with Gasteiger partial charge in [0.2, 0.25) is 0 Å². The Labute approximate surface area is 270 Å². The summed E-state index contributed by atoms with van der Waals surface area (Å²) in [6.45, 7) is 17.3. The van der Waals surface area contributed by atoms with Gasteiger partial charge in [0.1, 0.15) is 24.4 Å². The van der Waals surface area contributed by atoms with Crippen molar-refractivity contribution in [2.75, 3.05) is 6.61 Å². The summed E-state index contributed by atoms with van der Waals surface area (Å²) in [4.78, 5) is 0. The van der Waals surface area contributed by atoms with Crippen LogP contribution in [0.3, 0.4) is 0 Å². The molecule has 4 aliphatic carbocycles. The molecule has 2 saturated heterocycles. The maximum atomic E-state index is 12.3. The minimum absolute atomic E-state index is 0.0407. The predicted octanol–water partition coefficient (Wildman–Crippen LogP) is 3.54. The minimum atomic E-state index is -1.47. The second kappa shape index (κ2) is 11.1. The predicted molar refractivity (Wildman–Crippen MR) is 168 cm³/mol. The van der Waals surface area contributed by atoms with Gasteiger partial charge < -0.3 is 44.8 Å². The van der Waals surface area contributed by atoms with Gasteiger partial charge in [0, 0.05) is 0 Å². The Morgan fingerprint density at radius 1 is 0.778 bits per heavy atom. The van der Waals surface area contributed by atoms with Gasteiger partial charge in [-0.25, -0.2) is 0 Å². The number of ether oxygens (including phenoxy) is 3. The van der Waals surface area contributed by atoms with Crippen molar-refractivity contribution in [2.24, 2.45) is 45.3 Å². The molecule has 9 nitrogen and oxygen atoms in total. The fraction of sp³-hybridized carbons (Fsp3) is 1.00. The molecule has 2 aliphatic heterocycles. The van der Waals surface area contributed by atoms with E-state index in [0.717, 1.165) is 57.8 Å². The first-order chi connectivity index (χ1) is 20.7.